The van der Waals surface area contributed by atoms with E-state index in [0.29, 0.717) is 20.9 Å². The van der Waals surface area contributed by atoms with Crippen molar-refractivity contribution in [1.29, 1.82) is 0 Å². The Morgan fingerprint density at radius 1 is 1.24 bits per heavy atom. The second-order valence-corrected chi connectivity index (χ2v) is 6.79. The summed E-state index contributed by atoms with van der Waals surface area (Å²) in [5.41, 5.74) is 0.857. The van der Waals surface area contributed by atoms with Gasteiger partial charge in [0.15, 0.2) is 0 Å². The lowest BCUT2D eigenvalue weighted by atomic mass is 10.0. The molecule has 0 saturated heterocycles. The first-order chi connectivity index (χ1) is 11.9. The average molecular weight is 402 g/mol. The minimum Gasteiger partial charge on any atom is -0.494 e. The molecule has 0 aliphatic rings. The quantitative estimate of drug-likeness (QED) is 0.655. The standard InChI is InChI=1S/C18H16BrN3O3/c1-10(2)21-18(25)22-14-6-4-3-5-13(14)15(17(22)24)16(23)11-7-12(19)9-20-8-11/h3-10,24H,1-2H3,(H,21,25). The number of carbonyl (C=O) groups excluding carboxylic acids is 2. The summed E-state index contributed by atoms with van der Waals surface area (Å²) in [5.74, 6) is -0.789. The second-order valence-electron chi connectivity index (χ2n) is 5.88. The number of pyridine rings is 1. The molecule has 0 aliphatic heterocycles. The summed E-state index contributed by atoms with van der Waals surface area (Å²) in [6.45, 7) is 3.64. The third-order valence-electron chi connectivity index (χ3n) is 3.66. The number of rotatable bonds is 3. The van der Waals surface area contributed by atoms with Crippen LogP contribution in [0.25, 0.3) is 10.9 Å². The number of para-hydroxylation sites is 1. The first-order valence-corrected chi connectivity index (χ1v) is 8.48. The molecule has 1 amide bonds. The lowest BCUT2D eigenvalue weighted by molar-refractivity contribution is 0.103. The normalized spacial score (nSPS) is 11.0. The molecule has 0 saturated carbocycles. The molecule has 3 rings (SSSR count). The zero-order valence-electron chi connectivity index (χ0n) is 13.7. The number of aromatic nitrogens is 2. The van der Waals surface area contributed by atoms with Gasteiger partial charge >= 0.3 is 6.03 Å². The summed E-state index contributed by atoms with van der Waals surface area (Å²) in [6.07, 6.45) is 2.99. The van der Waals surface area contributed by atoms with Gasteiger partial charge in [-0.3, -0.25) is 9.78 Å². The maximum Gasteiger partial charge on any atom is 0.329 e. The van der Waals surface area contributed by atoms with E-state index in [1.54, 1.807) is 36.5 Å². The van der Waals surface area contributed by atoms with E-state index in [0.717, 1.165) is 4.57 Å². The highest BCUT2D eigenvalue weighted by atomic mass is 79.9. The van der Waals surface area contributed by atoms with Crippen LogP contribution in [0, 0.1) is 0 Å². The third-order valence-corrected chi connectivity index (χ3v) is 4.09. The molecule has 3 aromatic rings. The Morgan fingerprint density at radius 3 is 2.64 bits per heavy atom. The fraction of sp³-hybridized carbons (Fsp3) is 0.167. The van der Waals surface area contributed by atoms with Gasteiger partial charge in [-0.05, 0) is 41.9 Å². The molecule has 7 heteroatoms. The van der Waals surface area contributed by atoms with Gasteiger partial charge in [-0.15, -0.1) is 0 Å². The zero-order chi connectivity index (χ0) is 18.1. The van der Waals surface area contributed by atoms with E-state index in [1.165, 1.54) is 6.20 Å². The minimum absolute atomic E-state index is 0.0782. The van der Waals surface area contributed by atoms with Crippen molar-refractivity contribution in [2.45, 2.75) is 19.9 Å². The third kappa shape index (κ3) is 3.15. The summed E-state index contributed by atoms with van der Waals surface area (Å²) < 4.78 is 1.77. The molecule has 0 atom stereocenters. The monoisotopic (exact) mass is 401 g/mol. The maximum absolute atomic E-state index is 12.9. The Labute approximate surface area is 152 Å². The lowest BCUT2D eigenvalue weighted by Crippen LogP contribution is -2.33. The molecule has 0 fully saturated rings. The van der Waals surface area contributed by atoms with Gasteiger partial charge in [0.05, 0.1) is 11.1 Å². The van der Waals surface area contributed by atoms with Crippen LogP contribution in [-0.2, 0) is 0 Å². The Balaban J connectivity index is 2.21. The summed E-state index contributed by atoms with van der Waals surface area (Å²) in [7, 11) is 0. The number of halogens is 1. The molecule has 2 aromatic heterocycles. The van der Waals surface area contributed by atoms with Crippen molar-refractivity contribution < 1.29 is 14.7 Å². The van der Waals surface area contributed by atoms with Crippen molar-refractivity contribution in [2.24, 2.45) is 0 Å². The van der Waals surface area contributed by atoms with Crippen LogP contribution in [0.3, 0.4) is 0 Å². The second kappa shape index (κ2) is 6.68. The number of ketones is 1. The fourth-order valence-corrected chi connectivity index (χ4v) is 3.01. The molecule has 25 heavy (non-hydrogen) atoms. The summed E-state index contributed by atoms with van der Waals surface area (Å²) >= 11 is 3.28. The number of amides is 1. The van der Waals surface area contributed by atoms with Crippen molar-refractivity contribution in [3.05, 3.63) is 58.3 Å². The Kier molecular flexibility index (Phi) is 4.59. The number of hydrogen-bond acceptors (Lipinski definition) is 4. The summed E-state index contributed by atoms with van der Waals surface area (Å²) in [4.78, 5) is 29.4. The molecule has 0 spiro atoms. The number of fused-ring (bicyclic) bond motifs is 1. The van der Waals surface area contributed by atoms with E-state index in [1.807, 2.05) is 13.8 Å². The van der Waals surface area contributed by atoms with E-state index in [4.69, 9.17) is 0 Å². The average Bonchev–Trinajstić information content (AvgIpc) is 2.85. The van der Waals surface area contributed by atoms with E-state index >= 15 is 0 Å². The van der Waals surface area contributed by atoms with Crippen LogP contribution in [0.2, 0.25) is 0 Å². The van der Waals surface area contributed by atoms with Crippen LogP contribution in [0.4, 0.5) is 4.79 Å². The number of aromatic hydroxyl groups is 1. The molecule has 0 unspecified atom stereocenters. The topological polar surface area (TPSA) is 84.2 Å². The highest BCUT2D eigenvalue weighted by molar-refractivity contribution is 9.10. The molecule has 128 valence electrons. The minimum atomic E-state index is -0.491. The van der Waals surface area contributed by atoms with E-state index in [-0.39, 0.29) is 17.5 Å². The van der Waals surface area contributed by atoms with Gasteiger partial charge in [-0.25, -0.2) is 9.36 Å². The van der Waals surface area contributed by atoms with Crippen LogP contribution in [0.15, 0.2) is 47.2 Å². The molecule has 6 nitrogen and oxygen atoms in total. The van der Waals surface area contributed by atoms with E-state index < -0.39 is 11.8 Å². The van der Waals surface area contributed by atoms with Gasteiger partial charge in [0.1, 0.15) is 0 Å². The Morgan fingerprint density at radius 2 is 1.96 bits per heavy atom. The van der Waals surface area contributed by atoms with Gasteiger partial charge in [-0.2, -0.15) is 0 Å². The first-order valence-electron chi connectivity index (χ1n) is 7.68. The molecular weight excluding hydrogens is 386 g/mol. The number of hydrogen-bond donors (Lipinski definition) is 2. The van der Waals surface area contributed by atoms with Crippen LogP contribution in [-0.4, -0.2) is 32.5 Å². The van der Waals surface area contributed by atoms with Crippen molar-refractivity contribution >= 4 is 38.6 Å². The van der Waals surface area contributed by atoms with Crippen molar-refractivity contribution in [3.8, 4) is 5.88 Å². The van der Waals surface area contributed by atoms with Crippen molar-refractivity contribution in [1.82, 2.24) is 14.9 Å². The van der Waals surface area contributed by atoms with Gasteiger partial charge in [0.2, 0.25) is 11.7 Å². The number of nitrogens with one attached hydrogen (secondary N) is 1. The smallest absolute Gasteiger partial charge is 0.329 e. The van der Waals surface area contributed by atoms with Crippen LogP contribution in [0.1, 0.15) is 29.8 Å². The van der Waals surface area contributed by atoms with Crippen LogP contribution < -0.4 is 5.32 Å². The zero-order valence-corrected chi connectivity index (χ0v) is 15.2. The summed E-state index contributed by atoms with van der Waals surface area (Å²) in [6, 6.07) is 7.90. The SMILES string of the molecule is CC(C)NC(=O)n1c(O)c(C(=O)c2cncc(Br)c2)c2ccccc21. The molecule has 2 N–H and O–H groups in total. The van der Waals surface area contributed by atoms with Gasteiger partial charge in [-0.1, -0.05) is 18.2 Å². The Bertz CT molecular complexity index is 979. The highest BCUT2D eigenvalue weighted by Crippen LogP contribution is 2.33. The van der Waals surface area contributed by atoms with Gasteiger partial charge < -0.3 is 10.4 Å². The number of benzene rings is 1. The Hall–Kier alpha value is -2.67. The van der Waals surface area contributed by atoms with Gasteiger partial charge in [0, 0.05) is 33.9 Å². The molecule has 0 aliphatic carbocycles. The van der Waals surface area contributed by atoms with Crippen molar-refractivity contribution in [3.63, 3.8) is 0 Å². The number of carbonyl (C=O) groups is 2. The molecule has 0 bridgehead atoms. The van der Waals surface area contributed by atoms with E-state index in [9.17, 15) is 14.7 Å². The molecule has 2 heterocycles. The predicted molar refractivity (Wildman–Crippen MR) is 98.0 cm³/mol. The maximum atomic E-state index is 12.9. The number of nitrogens with zero attached hydrogens (tertiary/aromatic N) is 2. The van der Waals surface area contributed by atoms with Crippen LogP contribution in [0.5, 0.6) is 5.88 Å². The van der Waals surface area contributed by atoms with Gasteiger partial charge in [0.25, 0.3) is 0 Å². The highest BCUT2D eigenvalue weighted by Gasteiger charge is 2.26. The lowest BCUT2D eigenvalue weighted by Gasteiger charge is -2.10. The fourth-order valence-electron chi connectivity index (χ4n) is 2.65. The first kappa shape index (κ1) is 17.2. The summed E-state index contributed by atoms with van der Waals surface area (Å²) in [5, 5.41) is 13.9. The van der Waals surface area contributed by atoms with E-state index in [2.05, 4.69) is 26.2 Å². The molecular formula is C18H16BrN3O3. The molecule has 1 aromatic carbocycles. The van der Waals surface area contributed by atoms with Crippen LogP contribution >= 0.6 is 15.9 Å². The largest absolute Gasteiger partial charge is 0.494 e. The molecule has 0 radical (unpaired) electrons. The van der Waals surface area contributed by atoms with Crippen molar-refractivity contribution in [2.75, 3.05) is 0 Å². The predicted octanol–water partition coefficient (Wildman–Crippen LogP) is 3.70.